The molecule has 1 atom stereocenters. The lowest BCUT2D eigenvalue weighted by atomic mass is 10.2. The Bertz CT molecular complexity index is 494. The van der Waals surface area contributed by atoms with Crippen molar-refractivity contribution in [2.24, 2.45) is 5.92 Å². The summed E-state index contributed by atoms with van der Waals surface area (Å²) < 4.78 is 4.65. The molecular weight excluding hydrogens is 264 g/mol. The van der Waals surface area contributed by atoms with Gasteiger partial charge in [-0.05, 0) is 19.3 Å². The summed E-state index contributed by atoms with van der Waals surface area (Å²) in [7, 11) is 1.29. The lowest BCUT2D eigenvalue weighted by Crippen LogP contribution is -2.15. The fourth-order valence-corrected chi connectivity index (χ4v) is 2.94. The van der Waals surface area contributed by atoms with Crippen LogP contribution in [0.25, 0.3) is 0 Å². The number of nitrogens with one attached hydrogen (secondary N) is 1. The van der Waals surface area contributed by atoms with Gasteiger partial charge >= 0.3 is 5.97 Å². The zero-order chi connectivity index (χ0) is 14.0. The van der Waals surface area contributed by atoms with Crippen LogP contribution in [0.3, 0.4) is 0 Å². The van der Waals surface area contributed by atoms with Crippen LogP contribution in [0.15, 0.2) is 0 Å². The van der Waals surface area contributed by atoms with Crippen LogP contribution in [0.5, 0.6) is 0 Å². The van der Waals surface area contributed by atoms with Crippen LogP contribution in [0.4, 0.5) is 5.13 Å². The lowest BCUT2D eigenvalue weighted by Gasteiger charge is -2.11. The monoisotopic (exact) mass is 282 g/mol. The molecule has 1 N–H and O–H groups in total. The second-order valence-electron chi connectivity index (χ2n) is 4.97. The van der Waals surface area contributed by atoms with E-state index in [0.717, 1.165) is 12.3 Å². The molecule has 0 spiro atoms. The fraction of sp³-hybridized carbons (Fsp3) is 0.615. The van der Waals surface area contributed by atoms with Gasteiger partial charge in [0.2, 0.25) is 0 Å². The maximum Gasteiger partial charge on any atom is 0.358 e. The van der Waals surface area contributed by atoms with Crippen molar-refractivity contribution in [3.8, 4) is 0 Å². The Kier molecular flexibility index (Phi) is 4.19. The van der Waals surface area contributed by atoms with Gasteiger partial charge in [0.05, 0.1) is 7.11 Å². The highest BCUT2D eigenvalue weighted by Gasteiger charge is 2.25. The number of nitrogens with zero attached hydrogens (tertiary/aromatic N) is 1. The Labute approximate surface area is 116 Å². The first kappa shape index (κ1) is 14.0. The molecule has 0 radical (unpaired) electrons. The molecule has 1 fully saturated rings. The normalized spacial score (nSPS) is 15.9. The van der Waals surface area contributed by atoms with Crippen molar-refractivity contribution < 1.29 is 14.3 Å². The number of aromatic nitrogens is 1. The van der Waals surface area contributed by atoms with Crippen molar-refractivity contribution in [3.63, 3.8) is 0 Å². The highest BCUT2D eigenvalue weighted by atomic mass is 32.1. The van der Waals surface area contributed by atoms with E-state index in [0.29, 0.717) is 16.1 Å². The van der Waals surface area contributed by atoms with E-state index in [4.69, 9.17) is 0 Å². The molecule has 0 aromatic carbocycles. The first-order chi connectivity index (χ1) is 9.01. The number of rotatable bonds is 6. The maximum atomic E-state index is 11.6. The van der Waals surface area contributed by atoms with Gasteiger partial charge in [0.15, 0.2) is 16.6 Å². The zero-order valence-corrected chi connectivity index (χ0v) is 12.2. The Hall–Kier alpha value is -1.43. The molecule has 1 unspecified atom stereocenters. The van der Waals surface area contributed by atoms with Crippen LogP contribution in [-0.4, -0.2) is 29.9 Å². The number of carbonyl (C=O) groups excluding carboxylic acids is 2. The fourth-order valence-electron chi connectivity index (χ4n) is 1.98. The summed E-state index contributed by atoms with van der Waals surface area (Å²) in [5, 5.41) is 3.87. The average Bonchev–Trinajstić information content (AvgIpc) is 3.05. The van der Waals surface area contributed by atoms with E-state index in [1.807, 2.05) is 0 Å². The molecule has 1 aliphatic rings. The molecule has 5 nitrogen and oxygen atoms in total. The molecule has 0 bridgehead atoms. The van der Waals surface area contributed by atoms with E-state index < -0.39 is 5.97 Å². The summed E-state index contributed by atoms with van der Waals surface area (Å²) in [6.45, 7) is 3.52. The van der Waals surface area contributed by atoms with Crippen LogP contribution in [-0.2, 0) is 4.74 Å². The maximum absolute atomic E-state index is 11.6. The Morgan fingerprint density at radius 1 is 1.53 bits per heavy atom. The predicted octanol–water partition coefficient (Wildman–Crippen LogP) is 2.73. The molecular formula is C13H18N2O3S. The van der Waals surface area contributed by atoms with Crippen LogP contribution in [0.2, 0.25) is 0 Å². The topological polar surface area (TPSA) is 68.3 Å². The van der Waals surface area contributed by atoms with Gasteiger partial charge in [-0.3, -0.25) is 4.79 Å². The highest BCUT2D eigenvalue weighted by Crippen LogP contribution is 2.34. The van der Waals surface area contributed by atoms with Crippen LogP contribution in [0.1, 0.15) is 53.3 Å². The molecule has 104 valence electrons. The van der Waals surface area contributed by atoms with E-state index >= 15 is 0 Å². The van der Waals surface area contributed by atoms with Crippen molar-refractivity contribution >= 4 is 28.2 Å². The molecule has 2 rings (SSSR count). The van der Waals surface area contributed by atoms with Gasteiger partial charge in [-0.15, -0.1) is 0 Å². The number of esters is 1. The number of ether oxygens (including phenoxy) is 1. The summed E-state index contributed by atoms with van der Waals surface area (Å²) in [6.07, 6.45) is 3.70. The Morgan fingerprint density at radius 2 is 2.21 bits per heavy atom. The van der Waals surface area contributed by atoms with Crippen molar-refractivity contribution in [2.75, 3.05) is 12.4 Å². The number of methoxy groups -OCH3 is 1. The summed E-state index contributed by atoms with van der Waals surface area (Å²) in [6, 6.07) is 0.295. The SMILES string of the molecule is COC(=O)c1nc(NC(C)CC2CC2)sc1C(C)=O. The molecule has 6 heteroatoms. The first-order valence-corrected chi connectivity index (χ1v) is 7.19. The van der Waals surface area contributed by atoms with Crippen LogP contribution >= 0.6 is 11.3 Å². The summed E-state index contributed by atoms with van der Waals surface area (Å²) in [4.78, 5) is 27.6. The largest absolute Gasteiger partial charge is 0.464 e. The van der Waals surface area contributed by atoms with Gasteiger partial charge < -0.3 is 10.1 Å². The highest BCUT2D eigenvalue weighted by molar-refractivity contribution is 7.17. The van der Waals surface area contributed by atoms with Gasteiger partial charge in [0.25, 0.3) is 0 Å². The summed E-state index contributed by atoms with van der Waals surface area (Å²) >= 11 is 1.21. The molecule has 19 heavy (non-hydrogen) atoms. The number of hydrogen-bond donors (Lipinski definition) is 1. The van der Waals surface area contributed by atoms with E-state index in [2.05, 4.69) is 22.0 Å². The number of hydrogen-bond acceptors (Lipinski definition) is 6. The van der Waals surface area contributed by atoms with E-state index in [1.165, 1.54) is 38.2 Å². The molecule has 0 saturated heterocycles. The number of carbonyl (C=O) groups is 2. The van der Waals surface area contributed by atoms with Crippen molar-refractivity contribution in [2.45, 2.75) is 39.2 Å². The third-order valence-corrected chi connectivity index (χ3v) is 4.17. The van der Waals surface area contributed by atoms with Gasteiger partial charge in [-0.25, -0.2) is 9.78 Å². The smallest absolute Gasteiger partial charge is 0.358 e. The van der Waals surface area contributed by atoms with Crippen molar-refractivity contribution in [1.82, 2.24) is 4.98 Å². The standard InChI is InChI=1S/C13H18N2O3S/c1-7(6-9-4-5-9)14-13-15-10(12(17)18-3)11(19-13)8(2)16/h7,9H,4-6H2,1-3H3,(H,14,15). The number of thiazole rings is 1. The summed E-state index contributed by atoms with van der Waals surface area (Å²) in [5.74, 6) is 0.0833. The molecule has 1 aliphatic carbocycles. The van der Waals surface area contributed by atoms with Gasteiger partial charge in [-0.1, -0.05) is 24.2 Å². The first-order valence-electron chi connectivity index (χ1n) is 6.38. The van der Waals surface area contributed by atoms with Gasteiger partial charge in [-0.2, -0.15) is 0 Å². The lowest BCUT2D eigenvalue weighted by molar-refractivity contribution is 0.0591. The predicted molar refractivity (Wildman–Crippen MR) is 73.9 cm³/mol. The average molecular weight is 282 g/mol. The number of anilines is 1. The number of ketones is 1. The molecule has 1 heterocycles. The second-order valence-corrected chi connectivity index (χ2v) is 5.97. The van der Waals surface area contributed by atoms with Gasteiger partial charge in [0.1, 0.15) is 4.88 Å². The van der Waals surface area contributed by atoms with Gasteiger partial charge in [0, 0.05) is 13.0 Å². The molecule has 1 aromatic rings. The Balaban J connectivity index is 2.12. The van der Waals surface area contributed by atoms with E-state index in [1.54, 1.807) is 0 Å². The Morgan fingerprint density at radius 3 is 2.74 bits per heavy atom. The quantitative estimate of drug-likeness (QED) is 0.642. The summed E-state index contributed by atoms with van der Waals surface area (Å²) in [5.41, 5.74) is 0.112. The molecule has 0 aliphatic heterocycles. The minimum atomic E-state index is -0.565. The van der Waals surface area contributed by atoms with E-state index in [-0.39, 0.29) is 11.5 Å². The zero-order valence-electron chi connectivity index (χ0n) is 11.4. The minimum absolute atomic E-state index is 0.112. The van der Waals surface area contributed by atoms with Crippen molar-refractivity contribution in [3.05, 3.63) is 10.6 Å². The van der Waals surface area contributed by atoms with E-state index in [9.17, 15) is 9.59 Å². The minimum Gasteiger partial charge on any atom is -0.464 e. The third kappa shape index (κ3) is 3.53. The number of Topliss-reactive ketones (excluding diaryl/α,β-unsaturated/α-hetero) is 1. The molecule has 1 aromatic heterocycles. The molecule has 1 saturated carbocycles. The third-order valence-electron chi connectivity index (χ3n) is 3.08. The second kappa shape index (κ2) is 5.69. The molecule has 0 amide bonds. The van der Waals surface area contributed by atoms with Crippen molar-refractivity contribution in [1.29, 1.82) is 0 Å². The van der Waals surface area contributed by atoms with Crippen LogP contribution < -0.4 is 5.32 Å². The van der Waals surface area contributed by atoms with Crippen LogP contribution in [0, 0.1) is 5.92 Å².